The van der Waals surface area contributed by atoms with E-state index in [1.165, 1.54) is 32.1 Å². The standard InChI is InChI=1S/C19H35N3O2.HI/c1-20-18(21-15-19(9-3-10-19)16-5-6-16)22-11-7-17(8-12-22)24-14-4-13-23-2;/h16-17H,3-15H2,1-2H3,(H,20,21);1H. The maximum Gasteiger partial charge on any atom is 0.193 e. The molecule has 1 heterocycles. The summed E-state index contributed by atoms with van der Waals surface area (Å²) in [6.45, 7) is 4.82. The van der Waals surface area contributed by atoms with Crippen LogP contribution in [-0.4, -0.2) is 64.0 Å². The predicted octanol–water partition coefficient (Wildman–Crippen LogP) is 3.28. The molecule has 0 bridgehead atoms. The van der Waals surface area contributed by atoms with Crippen LogP contribution in [0.1, 0.15) is 51.4 Å². The summed E-state index contributed by atoms with van der Waals surface area (Å²) in [5.74, 6) is 2.09. The second-order valence-electron chi connectivity index (χ2n) is 7.79. The van der Waals surface area contributed by atoms with Gasteiger partial charge in [0.2, 0.25) is 0 Å². The molecule has 25 heavy (non-hydrogen) atoms. The Morgan fingerprint density at radius 1 is 1.16 bits per heavy atom. The van der Waals surface area contributed by atoms with Gasteiger partial charge < -0.3 is 19.7 Å². The lowest BCUT2D eigenvalue weighted by Crippen LogP contribution is -2.51. The van der Waals surface area contributed by atoms with E-state index in [1.807, 2.05) is 7.05 Å². The first-order valence-corrected chi connectivity index (χ1v) is 9.83. The number of ether oxygens (including phenoxy) is 2. The molecule has 0 spiro atoms. The van der Waals surface area contributed by atoms with E-state index in [0.29, 0.717) is 11.5 Å². The van der Waals surface area contributed by atoms with Gasteiger partial charge >= 0.3 is 0 Å². The van der Waals surface area contributed by atoms with Crippen LogP contribution < -0.4 is 5.32 Å². The fraction of sp³-hybridized carbons (Fsp3) is 0.947. The van der Waals surface area contributed by atoms with Gasteiger partial charge in [-0.3, -0.25) is 4.99 Å². The lowest BCUT2D eigenvalue weighted by molar-refractivity contribution is 0.00962. The van der Waals surface area contributed by atoms with Crippen molar-refractivity contribution in [3.8, 4) is 0 Å². The molecule has 0 radical (unpaired) electrons. The number of nitrogens with zero attached hydrogens (tertiary/aromatic N) is 2. The molecule has 3 aliphatic rings. The highest BCUT2D eigenvalue weighted by molar-refractivity contribution is 14.0. The van der Waals surface area contributed by atoms with Gasteiger partial charge in [0.05, 0.1) is 6.10 Å². The minimum atomic E-state index is 0. The predicted molar refractivity (Wildman–Crippen MR) is 113 cm³/mol. The van der Waals surface area contributed by atoms with Gasteiger partial charge in [0.15, 0.2) is 5.96 Å². The van der Waals surface area contributed by atoms with Gasteiger partial charge in [-0.25, -0.2) is 0 Å². The second kappa shape index (κ2) is 10.3. The highest BCUT2D eigenvalue weighted by atomic mass is 127. The number of hydrogen-bond donors (Lipinski definition) is 1. The van der Waals surface area contributed by atoms with E-state index >= 15 is 0 Å². The second-order valence-corrected chi connectivity index (χ2v) is 7.79. The van der Waals surface area contributed by atoms with Gasteiger partial charge in [-0.1, -0.05) is 6.42 Å². The number of halogens is 1. The SMILES string of the molecule is CN=C(NCC1(C2CC2)CCC1)N1CCC(OCCCOC)CC1.I. The first-order valence-electron chi connectivity index (χ1n) is 9.83. The Kier molecular flexibility index (Phi) is 8.75. The van der Waals surface area contributed by atoms with Crippen LogP contribution in [0.15, 0.2) is 4.99 Å². The van der Waals surface area contributed by atoms with Gasteiger partial charge in [0.25, 0.3) is 0 Å². The van der Waals surface area contributed by atoms with Crippen molar-refractivity contribution in [1.29, 1.82) is 0 Å². The van der Waals surface area contributed by atoms with Crippen molar-refractivity contribution in [3.63, 3.8) is 0 Å². The van der Waals surface area contributed by atoms with Crippen LogP contribution in [0.25, 0.3) is 0 Å². The Balaban J connectivity index is 0.00000225. The van der Waals surface area contributed by atoms with Crippen molar-refractivity contribution in [3.05, 3.63) is 0 Å². The van der Waals surface area contributed by atoms with Gasteiger partial charge in [0.1, 0.15) is 0 Å². The van der Waals surface area contributed by atoms with Crippen LogP contribution in [-0.2, 0) is 9.47 Å². The molecule has 1 N–H and O–H groups in total. The van der Waals surface area contributed by atoms with Crippen LogP contribution in [0.3, 0.4) is 0 Å². The molecule has 0 aromatic rings. The summed E-state index contributed by atoms with van der Waals surface area (Å²) in [4.78, 5) is 6.95. The van der Waals surface area contributed by atoms with E-state index in [2.05, 4.69) is 15.2 Å². The molecule has 0 amide bonds. The molecule has 2 saturated carbocycles. The molecule has 1 aliphatic heterocycles. The summed E-state index contributed by atoms with van der Waals surface area (Å²) in [7, 11) is 3.66. The molecular weight excluding hydrogens is 429 g/mol. The van der Waals surface area contributed by atoms with Gasteiger partial charge in [-0.2, -0.15) is 0 Å². The fourth-order valence-electron chi connectivity index (χ4n) is 4.33. The van der Waals surface area contributed by atoms with Gasteiger partial charge in [-0.15, -0.1) is 24.0 Å². The fourth-order valence-corrected chi connectivity index (χ4v) is 4.33. The summed E-state index contributed by atoms with van der Waals surface area (Å²) in [6, 6.07) is 0. The van der Waals surface area contributed by atoms with E-state index in [0.717, 1.165) is 64.0 Å². The average molecular weight is 465 g/mol. The summed E-state index contributed by atoms with van der Waals surface area (Å²) in [5.41, 5.74) is 0.596. The van der Waals surface area contributed by atoms with E-state index in [9.17, 15) is 0 Å². The van der Waals surface area contributed by atoms with Crippen molar-refractivity contribution in [2.24, 2.45) is 16.3 Å². The summed E-state index contributed by atoms with van der Waals surface area (Å²) < 4.78 is 11.0. The third-order valence-corrected chi connectivity index (χ3v) is 6.19. The number of hydrogen-bond acceptors (Lipinski definition) is 3. The number of guanidine groups is 1. The first-order chi connectivity index (χ1) is 11.8. The third kappa shape index (κ3) is 5.70. The quantitative estimate of drug-likeness (QED) is 0.259. The molecule has 3 fully saturated rings. The number of nitrogens with one attached hydrogen (secondary N) is 1. The molecule has 3 rings (SSSR count). The highest BCUT2D eigenvalue weighted by Gasteiger charge is 2.48. The van der Waals surface area contributed by atoms with Gasteiger partial charge in [0, 0.05) is 47.0 Å². The van der Waals surface area contributed by atoms with Crippen molar-refractivity contribution < 1.29 is 9.47 Å². The van der Waals surface area contributed by atoms with Crippen molar-refractivity contribution >= 4 is 29.9 Å². The Morgan fingerprint density at radius 3 is 2.40 bits per heavy atom. The zero-order chi connectivity index (χ0) is 16.8. The molecule has 0 aromatic heterocycles. The Hall–Kier alpha value is -0.0800. The monoisotopic (exact) mass is 465 g/mol. The Bertz CT molecular complexity index is 417. The minimum Gasteiger partial charge on any atom is -0.385 e. The Labute approximate surface area is 170 Å². The minimum absolute atomic E-state index is 0. The molecule has 0 aromatic carbocycles. The summed E-state index contributed by atoms with van der Waals surface area (Å²) in [5, 5.41) is 3.70. The normalized spacial score (nSPS) is 23.8. The molecule has 6 heteroatoms. The van der Waals surface area contributed by atoms with Crippen LogP contribution in [0.2, 0.25) is 0 Å². The topological polar surface area (TPSA) is 46.1 Å². The third-order valence-electron chi connectivity index (χ3n) is 6.19. The van der Waals surface area contributed by atoms with Crippen molar-refractivity contribution in [2.45, 2.75) is 57.5 Å². The molecule has 5 nitrogen and oxygen atoms in total. The van der Waals surface area contributed by atoms with Crippen LogP contribution in [0, 0.1) is 11.3 Å². The maximum absolute atomic E-state index is 5.96. The van der Waals surface area contributed by atoms with Crippen molar-refractivity contribution in [1.82, 2.24) is 10.2 Å². The summed E-state index contributed by atoms with van der Waals surface area (Å²) in [6.07, 6.45) is 10.7. The molecular formula is C19H36IN3O2. The van der Waals surface area contributed by atoms with Crippen molar-refractivity contribution in [2.75, 3.05) is 47.0 Å². The number of aliphatic imine (C=N–C) groups is 1. The lowest BCUT2D eigenvalue weighted by atomic mass is 9.65. The number of likely N-dealkylation sites (tertiary alicyclic amines) is 1. The number of piperidine rings is 1. The molecule has 2 aliphatic carbocycles. The van der Waals surface area contributed by atoms with Gasteiger partial charge in [-0.05, 0) is 56.3 Å². The smallest absolute Gasteiger partial charge is 0.193 e. The Morgan fingerprint density at radius 2 is 1.88 bits per heavy atom. The maximum atomic E-state index is 5.96. The number of rotatable bonds is 8. The molecule has 1 saturated heterocycles. The van der Waals surface area contributed by atoms with Crippen LogP contribution >= 0.6 is 24.0 Å². The number of methoxy groups -OCH3 is 1. The largest absolute Gasteiger partial charge is 0.385 e. The average Bonchev–Trinajstić information content (AvgIpc) is 3.40. The van der Waals surface area contributed by atoms with Crippen LogP contribution in [0.4, 0.5) is 0 Å². The molecule has 146 valence electrons. The highest BCUT2D eigenvalue weighted by Crippen LogP contribution is 2.56. The van der Waals surface area contributed by atoms with E-state index < -0.39 is 0 Å². The van der Waals surface area contributed by atoms with Crippen LogP contribution in [0.5, 0.6) is 0 Å². The molecule has 0 atom stereocenters. The molecule has 0 unspecified atom stereocenters. The zero-order valence-electron chi connectivity index (χ0n) is 16.0. The van der Waals surface area contributed by atoms with E-state index in [1.54, 1.807) is 7.11 Å². The lowest BCUT2D eigenvalue weighted by Gasteiger charge is -2.44. The zero-order valence-corrected chi connectivity index (χ0v) is 18.3. The summed E-state index contributed by atoms with van der Waals surface area (Å²) >= 11 is 0. The first kappa shape index (κ1) is 21.2. The van der Waals surface area contributed by atoms with E-state index in [-0.39, 0.29) is 24.0 Å². The van der Waals surface area contributed by atoms with E-state index in [4.69, 9.17) is 9.47 Å².